The van der Waals surface area contributed by atoms with Crippen LogP contribution in [0.25, 0.3) is 11.8 Å². The molecule has 0 amide bonds. The molecule has 0 radical (unpaired) electrons. The first-order valence-corrected chi connectivity index (χ1v) is 16.8. The summed E-state index contributed by atoms with van der Waals surface area (Å²) in [5.41, 5.74) is 6.96. The van der Waals surface area contributed by atoms with Gasteiger partial charge in [-0.2, -0.15) is 0 Å². The van der Waals surface area contributed by atoms with E-state index in [0.717, 1.165) is 52.1 Å². The van der Waals surface area contributed by atoms with E-state index < -0.39 is 4.92 Å². The van der Waals surface area contributed by atoms with E-state index in [1.54, 1.807) is 19.2 Å². The Labute approximate surface area is 284 Å². The highest BCUT2D eigenvalue weighted by atomic mass is 79.9. The van der Waals surface area contributed by atoms with Crippen molar-refractivity contribution < 1.29 is 14.4 Å². The molecular formula is C35H25Br2N3O5S. The minimum atomic E-state index is -0.431. The number of nitro benzene ring substituents is 1. The third kappa shape index (κ3) is 5.63. The summed E-state index contributed by atoms with van der Waals surface area (Å²) in [6.45, 7) is 0.227. The summed E-state index contributed by atoms with van der Waals surface area (Å²) in [4.78, 5) is 30.5. The second-order valence-electron chi connectivity index (χ2n) is 10.9. The van der Waals surface area contributed by atoms with Crippen LogP contribution in [0.3, 0.4) is 0 Å². The number of hydrogen-bond donors (Lipinski definition) is 0. The molecule has 0 saturated carbocycles. The van der Waals surface area contributed by atoms with Gasteiger partial charge in [0.2, 0.25) is 0 Å². The van der Waals surface area contributed by atoms with Crippen LogP contribution in [-0.2, 0) is 13.0 Å². The number of non-ortho nitro benzene ring substituents is 1. The Morgan fingerprint density at radius 3 is 2.52 bits per heavy atom. The van der Waals surface area contributed by atoms with Gasteiger partial charge in [-0.3, -0.25) is 19.5 Å². The minimum absolute atomic E-state index is 0.0283. The topological polar surface area (TPSA) is 96.0 Å². The van der Waals surface area contributed by atoms with E-state index in [0.29, 0.717) is 24.0 Å². The lowest BCUT2D eigenvalue weighted by Crippen LogP contribution is -2.38. The number of aromatic nitrogens is 1. The normalized spacial score (nSPS) is 15.5. The molecule has 2 aliphatic rings. The smallest absolute Gasteiger partial charge is 0.271 e. The van der Waals surface area contributed by atoms with Crippen molar-refractivity contribution in [2.24, 2.45) is 4.99 Å². The quantitative estimate of drug-likeness (QED) is 0.128. The minimum Gasteiger partial charge on any atom is -0.497 e. The van der Waals surface area contributed by atoms with Gasteiger partial charge in [-0.1, -0.05) is 47.7 Å². The van der Waals surface area contributed by atoms with Gasteiger partial charge < -0.3 is 9.47 Å². The van der Waals surface area contributed by atoms with Crippen LogP contribution in [0, 0.1) is 10.1 Å². The standard InChI is InChI=1S/C35H25Br2N3O5S/c1-44-25-7-4-6-23(18-25)32-27-14-11-22-5-2-3-8-26(22)31(27)38-35-39(32)34(41)30(46-35)17-21-15-28(36)33(29(37)16-21)45-19-20-9-12-24(13-10-20)40(42)43/h2-10,12-13,15-18,32H,11,14,19H2,1H3/b30-17-/t32-/m0/s1. The summed E-state index contributed by atoms with van der Waals surface area (Å²) in [6, 6.07) is 26.0. The molecule has 0 N–H and O–H groups in total. The third-order valence-corrected chi connectivity index (χ3v) is 10.3. The Morgan fingerprint density at radius 1 is 1.02 bits per heavy atom. The number of rotatable bonds is 7. The summed E-state index contributed by atoms with van der Waals surface area (Å²) < 4.78 is 15.4. The molecule has 4 aromatic carbocycles. The van der Waals surface area contributed by atoms with Gasteiger partial charge in [-0.25, -0.2) is 4.99 Å². The molecule has 11 heteroatoms. The molecule has 46 heavy (non-hydrogen) atoms. The number of nitrogens with zero attached hydrogens (tertiary/aromatic N) is 3. The molecule has 2 heterocycles. The first-order valence-electron chi connectivity index (χ1n) is 14.4. The molecule has 1 aliphatic carbocycles. The molecule has 1 atom stereocenters. The molecule has 230 valence electrons. The molecule has 0 spiro atoms. The molecule has 7 rings (SSSR count). The average Bonchev–Trinajstić information content (AvgIpc) is 3.37. The summed E-state index contributed by atoms with van der Waals surface area (Å²) in [5, 5.41) is 11.0. The first kappa shape index (κ1) is 30.3. The van der Waals surface area contributed by atoms with Crippen molar-refractivity contribution in [2.75, 3.05) is 7.11 Å². The van der Waals surface area contributed by atoms with E-state index in [9.17, 15) is 14.9 Å². The fourth-order valence-electron chi connectivity index (χ4n) is 5.96. The second-order valence-corrected chi connectivity index (χ2v) is 13.6. The van der Waals surface area contributed by atoms with Crippen molar-refractivity contribution in [3.63, 3.8) is 0 Å². The number of halogens is 2. The SMILES string of the molecule is COc1cccc([C@H]2C3=C(N=c4s/c(=C\c5cc(Br)c(OCc6ccc([N+](=O)[O-])cc6)c(Br)c5)c(=O)n42)c2ccccc2CC3)c1. The van der Waals surface area contributed by atoms with Crippen LogP contribution in [0.5, 0.6) is 11.5 Å². The number of nitro groups is 1. The van der Waals surface area contributed by atoms with Crippen LogP contribution in [0.4, 0.5) is 5.69 Å². The van der Waals surface area contributed by atoms with E-state index >= 15 is 0 Å². The zero-order valence-corrected chi connectivity index (χ0v) is 28.4. The zero-order chi connectivity index (χ0) is 31.9. The van der Waals surface area contributed by atoms with Crippen molar-refractivity contribution in [1.29, 1.82) is 0 Å². The Balaban J connectivity index is 1.28. The van der Waals surface area contributed by atoms with Gasteiger partial charge >= 0.3 is 0 Å². The van der Waals surface area contributed by atoms with E-state index in [2.05, 4.69) is 50.1 Å². The number of aryl methyl sites for hydroxylation is 1. The maximum absolute atomic E-state index is 14.2. The van der Waals surface area contributed by atoms with Crippen molar-refractivity contribution >= 4 is 60.7 Å². The zero-order valence-electron chi connectivity index (χ0n) is 24.4. The predicted molar refractivity (Wildman–Crippen MR) is 185 cm³/mol. The predicted octanol–water partition coefficient (Wildman–Crippen LogP) is 7.34. The first-order chi connectivity index (χ1) is 22.3. The monoisotopic (exact) mass is 757 g/mol. The van der Waals surface area contributed by atoms with E-state index in [1.807, 2.05) is 53.1 Å². The Hall–Kier alpha value is -4.32. The Morgan fingerprint density at radius 2 is 1.78 bits per heavy atom. The molecule has 0 fully saturated rings. The highest BCUT2D eigenvalue weighted by Gasteiger charge is 2.32. The van der Waals surface area contributed by atoms with Gasteiger partial charge in [0.1, 0.15) is 18.1 Å². The molecule has 8 nitrogen and oxygen atoms in total. The number of thiazole rings is 1. The molecule has 0 saturated heterocycles. The maximum Gasteiger partial charge on any atom is 0.271 e. The number of allylic oxidation sites excluding steroid dienone is 1. The Bertz CT molecular complexity index is 2220. The van der Waals surface area contributed by atoms with Crippen LogP contribution in [0.2, 0.25) is 0 Å². The molecule has 0 unspecified atom stereocenters. The maximum atomic E-state index is 14.2. The van der Waals surface area contributed by atoms with Crippen LogP contribution in [0.1, 0.15) is 40.3 Å². The van der Waals surface area contributed by atoms with Crippen molar-refractivity contribution in [2.45, 2.75) is 25.5 Å². The van der Waals surface area contributed by atoms with Crippen LogP contribution >= 0.6 is 43.2 Å². The number of methoxy groups -OCH3 is 1. The summed E-state index contributed by atoms with van der Waals surface area (Å²) in [5.74, 6) is 1.32. The van der Waals surface area contributed by atoms with E-state index in [-0.39, 0.29) is 23.9 Å². The number of benzene rings is 4. The fraction of sp³-hybridized carbons (Fsp3) is 0.143. The molecule has 1 aliphatic heterocycles. The fourth-order valence-corrected chi connectivity index (χ4v) is 8.41. The van der Waals surface area contributed by atoms with Crippen molar-refractivity contribution in [1.82, 2.24) is 4.57 Å². The molecule has 1 aromatic heterocycles. The van der Waals surface area contributed by atoms with Crippen LogP contribution in [0.15, 0.2) is 109 Å². The van der Waals surface area contributed by atoms with E-state index in [1.165, 1.54) is 29.0 Å². The van der Waals surface area contributed by atoms with Gasteiger partial charge in [0, 0.05) is 17.7 Å². The summed E-state index contributed by atoms with van der Waals surface area (Å²) in [6.07, 6.45) is 3.57. The van der Waals surface area contributed by atoms with Gasteiger partial charge in [0.25, 0.3) is 11.2 Å². The highest BCUT2D eigenvalue weighted by Crippen LogP contribution is 2.42. The van der Waals surface area contributed by atoms with Gasteiger partial charge in [-0.15, -0.1) is 0 Å². The molecule has 5 aromatic rings. The number of ether oxygens (including phenoxy) is 2. The lowest BCUT2D eigenvalue weighted by Gasteiger charge is -2.31. The highest BCUT2D eigenvalue weighted by molar-refractivity contribution is 9.11. The van der Waals surface area contributed by atoms with Gasteiger partial charge in [0.15, 0.2) is 4.80 Å². The van der Waals surface area contributed by atoms with Gasteiger partial charge in [0.05, 0.1) is 37.2 Å². The molecular weight excluding hydrogens is 734 g/mol. The average molecular weight is 759 g/mol. The van der Waals surface area contributed by atoms with Crippen molar-refractivity contribution in [3.05, 3.63) is 157 Å². The lowest BCUT2D eigenvalue weighted by atomic mass is 9.83. The lowest BCUT2D eigenvalue weighted by molar-refractivity contribution is -0.384. The third-order valence-electron chi connectivity index (χ3n) is 8.13. The van der Waals surface area contributed by atoms with E-state index in [4.69, 9.17) is 14.5 Å². The summed E-state index contributed by atoms with van der Waals surface area (Å²) >= 11 is 8.62. The van der Waals surface area contributed by atoms with Crippen molar-refractivity contribution in [3.8, 4) is 11.5 Å². The second kappa shape index (κ2) is 12.5. The van der Waals surface area contributed by atoms with Crippen LogP contribution in [-0.4, -0.2) is 16.6 Å². The summed E-state index contributed by atoms with van der Waals surface area (Å²) in [7, 11) is 1.65. The Kier molecular flexibility index (Phi) is 8.22. The molecule has 0 bridgehead atoms. The number of fused-ring (bicyclic) bond motifs is 3. The van der Waals surface area contributed by atoms with Crippen LogP contribution < -0.4 is 24.4 Å². The van der Waals surface area contributed by atoms with Gasteiger partial charge in [-0.05, 0) is 115 Å². The largest absolute Gasteiger partial charge is 0.497 e. The number of hydrogen-bond acceptors (Lipinski definition) is 7.